The van der Waals surface area contributed by atoms with Crippen LogP contribution in [0, 0.1) is 0 Å². The van der Waals surface area contributed by atoms with Gasteiger partial charge in [0.1, 0.15) is 5.75 Å². The standard InChI is InChI=1S/C8H12N2O.ClH/c9-5-6-10-7-1-3-8(11)4-2-7;/h1-4,10-11H,5-6,9H2;1H. The molecule has 1 aromatic rings. The van der Waals surface area contributed by atoms with Crippen LogP contribution in [0.3, 0.4) is 0 Å². The molecule has 0 amide bonds. The van der Waals surface area contributed by atoms with Crippen LogP contribution in [0.2, 0.25) is 0 Å². The molecule has 0 heterocycles. The maximum absolute atomic E-state index is 8.93. The maximum Gasteiger partial charge on any atom is 0.115 e. The minimum absolute atomic E-state index is 0. The van der Waals surface area contributed by atoms with Crippen molar-refractivity contribution in [1.82, 2.24) is 0 Å². The molecule has 0 saturated carbocycles. The molecular formula is C8H13ClN2O. The van der Waals surface area contributed by atoms with Crippen molar-refractivity contribution in [2.45, 2.75) is 0 Å². The summed E-state index contributed by atoms with van der Waals surface area (Å²) < 4.78 is 0. The smallest absolute Gasteiger partial charge is 0.115 e. The molecule has 0 aromatic heterocycles. The number of phenolic OH excluding ortho intramolecular Hbond substituents is 1. The number of nitrogens with two attached hydrogens (primary N) is 1. The van der Waals surface area contributed by atoms with Crippen molar-refractivity contribution >= 4 is 18.1 Å². The molecule has 0 aliphatic rings. The molecule has 0 aliphatic carbocycles. The second-order valence-corrected chi connectivity index (χ2v) is 2.26. The highest BCUT2D eigenvalue weighted by molar-refractivity contribution is 5.85. The molecule has 0 atom stereocenters. The van der Waals surface area contributed by atoms with Gasteiger partial charge < -0.3 is 16.2 Å². The number of hydrogen-bond donors (Lipinski definition) is 3. The minimum atomic E-state index is 0. The van der Waals surface area contributed by atoms with Crippen LogP contribution in [0.4, 0.5) is 5.69 Å². The summed E-state index contributed by atoms with van der Waals surface area (Å²) in [4.78, 5) is 0. The number of benzene rings is 1. The Kier molecular flexibility index (Phi) is 5.25. The number of hydrogen-bond acceptors (Lipinski definition) is 3. The van der Waals surface area contributed by atoms with Crippen molar-refractivity contribution in [3.05, 3.63) is 24.3 Å². The van der Waals surface area contributed by atoms with Crippen LogP contribution in [0.25, 0.3) is 0 Å². The van der Waals surface area contributed by atoms with E-state index in [0.29, 0.717) is 6.54 Å². The normalized spacial score (nSPS) is 8.75. The summed E-state index contributed by atoms with van der Waals surface area (Å²) in [7, 11) is 0. The number of aromatic hydroxyl groups is 1. The summed E-state index contributed by atoms with van der Waals surface area (Å²) in [6, 6.07) is 6.90. The molecule has 0 unspecified atom stereocenters. The number of rotatable bonds is 3. The number of nitrogens with one attached hydrogen (secondary N) is 1. The molecule has 1 aromatic carbocycles. The van der Waals surface area contributed by atoms with Crippen LogP contribution in [0.15, 0.2) is 24.3 Å². The molecule has 3 nitrogen and oxygen atoms in total. The first kappa shape index (κ1) is 11.1. The van der Waals surface area contributed by atoms with Crippen LogP contribution in [-0.2, 0) is 0 Å². The second-order valence-electron chi connectivity index (χ2n) is 2.26. The molecule has 4 N–H and O–H groups in total. The van der Waals surface area contributed by atoms with E-state index in [1.54, 1.807) is 12.1 Å². The fourth-order valence-electron chi connectivity index (χ4n) is 0.796. The maximum atomic E-state index is 8.93. The van der Waals surface area contributed by atoms with Gasteiger partial charge in [0.2, 0.25) is 0 Å². The summed E-state index contributed by atoms with van der Waals surface area (Å²) in [6.07, 6.45) is 0. The first-order chi connectivity index (χ1) is 5.33. The molecule has 4 heteroatoms. The number of anilines is 1. The summed E-state index contributed by atoms with van der Waals surface area (Å²) in [5.74, 6) is 0.281. The summed E-state index contributed by atoms with van der Waals surface area (Å²) in [5, 5.41) is 12.0. The first-order valence-corrected chi connectivity index (χ1v) is 3.56. The van der Waals surface area contributed by atoms with Gasteiger partial charge >= 0.3 is 0 Å². The van der Waals surface area contributed by atoms with Crippen molar-refractivity contribution in [3.63, 3.8) is 0 Å². The van der Waals surface area contributed by atoms with E-state index in [-0.39, 0.29) is 18.2 Å². The first-order valence-electron chi connectivity index (χ1n) is 3.56. The van der Waals surface area contributed by atoms with E-state index in [1.165, 1.54) is 0 Å². The third-order valence-corrected chi connectivity index (χ3v) is 1.34. The van der Waals surface area contributed by atoms with Gasteiger partial charge in [0, 0.05) is 18.8 Å². The molecular weight excluding hydrogens is 176 g/mol. The lowest BCUT2D eigenvalue weighted by Gasteiger charge is -2.03. The zero-order chi connectivity index (χ0) is 8.10. The van der Waals surface area contributed by atoms with E-state index in [4.69, 9.17) is 10.8 Å². The van der Waals surface area contributed by atoms with Crippen LogP contribution in [0.5, 0.6) is 5.75 Å². The zero-order valence-corrected chi connectivity index (χ0v) is 7.47. The topological polar surface area (TPSA) is 58.3 Å². The highest BCUT2D eigenvalue weighted by Gasteiger charge is 1.89. The van der Waals surface area contributed by atoms with Crippen molar-refractivity contribution in [1.29, 1.82) is 0 Å². The number of halogens is 1. The fourth-order valence-corrected chi connectivity index (χ4v) is 0.796. The van der Waals surface area contributed by atoms with Gasteiger partial charge in [0.25, 0.3) is 0 Å². The molecule has 12 heavy (non-hydrogen) atoms. The van der Waals surface area contributed by atoms with E-state index in [1.807, 2.05) is 12.1 Å². The highest BCUT2D eigenvalue weighted by Crippen LogP contribution is 2.12. The molecule has 0 bridgehead atoms. The molecule has 0 saturated heterocycles. The highest BCUT2D eigenvalue weighted by atomic mass is 35.5. The molecule has 0 fully saturated rings. The van der Waals surface area contributed by atoms with Gasteiger partial charge in [0.05, 0.1) is 0 Å². The zero-order valence-electron chi connectivity index (χ0n) is 6.66. The minimum Gasteiger partial charge on any atom is -0.508 e. The Hall–Kier alpha value is -0.930. The fraction of sp³-hybridized carbons (Fsp3) is 0.250. The largest absolute Gasteiger partial charge is 0.508 e. The third kappa shape index (κ3) is 3.46. The molecule has 0 aliphatic heterocycles. The Bertz CT molecular complexity index is 213. The summed E-state index contributed by atoms with van der Waals surface area (Å²) in [6.45, 7) is 1.37. The predicted octanol–water partition coefficient (Wildman–Crippen LogP) is 1.18. The van der Waals surface area contributed by atoms with E-state index in [9.17, 15) is 0 Å². The van der Waals surface area contributed by atoms with Crippen molar-refractivity contribution < 1.29 is 5.11 Å². The monoisotopic (exact) mass is 188 g/mol. The third-order valence-electron chi connectivity index (χ3n) is 1.34. The Balaban J connectivity index is 0.00000121. The van der Waals surface area contributed by atoms with Gasteiger partial charge in [-0.1, -0.05) is 0 Å². The van der Waals surface area contributed by atoms with Crippen LogP contribution < -0.4 is 11.1 Å². The Morgan fingerprint density at radius 1 is 1.25 bits per heavy atom. The van der Waals surface area contributed by atoms with Crippen LogP contribution in [-0.4, -0.2) is 18.2 Å². The van der Waals surface area contributed by atoms with Gasteiger partial charge in [0.15, 0.2) is 0 Å². The van der Waals surface area contributed by atoms with Gasteiger partial charge in [-0.3, -0.25) is 0 Å². The van der Waals surface area contributed by atoms with Gasteiger partial charge in [-0.25, -0.2) is 0 Å². The van der Waals surface area contributed by atoms with Gasteiger partial charge in [-0.2, -0.15) is 0 Å². The second kappa shape index (κ2) is 5.69. The Morgan fingerprint density at radius 2 is 1.83 bits per heavy atom. The van der Waals surface area contributed by atoms with Crippen molar-refractivity contribution in [3.8, 4) is 5.75 Å². The summed E-state index contributed by atoms with van der Waals surface area (Å²) >= 11 is 0. The average Bonchev–Trinajstić information content (AvgIpc) is 2.04. The molecule has 1 rings (SSSR count). The average molecular weight is 189 g/mol. The quantitative estimate of drug-likeness (QED) is 0.625. The van der Waals surface area contributed by atoms with Gasteiger partial charge in [-0.05, 0) is 24.3 Å². The van der Waals surface area contributed by atoms with Crippen LogP contribution in [0.1, 0.15) is 0 Å². The molecule has 68 valence electrons. The van der Waals surface area contributed by atoms with E-state index in [2.05, 4.69) is 5.32 Å². The Morgan fingerprint density at radius 3 is 2.33 bits per heavy atom. The SMILES string of the molecule is Cl.NCCNc1ccc(O)cc1. The number of phenols is 1. The van der Waals surface area contributed by atoms with Crippen molar-refractivity contribution in [2.75, 3.05) is 18.4 Å². The lowest BCUT2D eigenvalue weighted by Crippen LogP contribution is -2.12. The van der Waals surface area contributed by atoms with Crippen molar-refractivity contribution in [2.24, 2.45) is 5.73 Å². The van der Waals surface area contributed by atoms with E-state index < -0.39 is 0 Å². The molecule has 0 radical (unpaired) electrons. The van der Waals surface area contributed by atoms with Crippen LogP contribution >= 0.6 is 12.4 Å². The predicted molar refractivity (Wildman–Crippen MR) is 52.9 cm³/mol. The lowest BCUT2D eigenvalue weighted by molar-refractivity contribution is 0.475. The van der Waals surface area contributed by atoms with E-state index >= 15 is 0 Å². The summed E-state index contributed by atoms with van der Waals surface area (Å²) in [5.41, 5.74) is 6.27. The van der Waals surface area contributed by atoms with Gasteiger partial charge in [-0.15, -0.1) is 12.4 Å². The lowest BCUT2D eigenvalue weighted by atomic mass is 10.3. The molecule has 0 spiro atoms. The van der Waals surface area contributed by atoms with E-state index in [0.717, 1.165) is 12.2 Å². The Labute approximate surface area is 78.0 Å².